The van der Waals surface area contributed by atoms with E-state index in [4.69, 9.17) is 4.74 Å². The molecule has 1 N–H and O–H groups in total. The number of benzene rings is 1. The monoisotopic (exact) mass is 362 g/mol. The topological polar surface area (TPSA) is 50.3 Å². The maximum atomic E-state index is 5.68. The number of hydrogen-bond acceptors (Lipinski definition) is 5. The second-order valence-electron chi connectivity index (χ2n) is 5.18. The minimum absolute atomic E-state index is 0.588. The van der Waals surface area contributed by atoms with Crippen LogP contribution in [0.3, 0.4) is 0 Å². The van der Waals surface area contributed by atoms with Gasteiger partial charge in [0.2, 0.25) is 0 Å². The number of rotatable bonds is 6. The highest BCUT2D eigenvalue weighted by atomic mass is 79.9. The molecule has 0 spiro atoms. The van der Waals surface area contributed by atoms with Crippen molar-refractivity contribution >= 4 is 27.6 Å². The number of aromatic nitrogens is 2. The molecule has 1 aromatic carbocycles. The van der Waals surface area contributed by atoms with E-state index < -0.39 is 0 Å². The smallest absolute Gasteiger partial charge is 0.134 e. The third-order valence-electron chi connectivity index (χ3n) is 3.57. The molecule has 3 rings (SSSR count). The Morgan fingerprint density at radius 1 is 1.14 bits per heavy atom. The first-order valence-electron chi connectivity index (χ1n) is 7.50. The molecule has 2 aromatic rings. The fourth-order valence-corrected chi connectivity index (χ4v) is 2.71. The lowest BCUT2D eigenvalue weighted by molar-refractivity contribution is 0.332. The van der Waals surface area contributed by atoms with Crippen LogP contribution in [0.2, 0.25) is 0 Å². The van der Waals surface area contributed by atoms with Gasteiger partial charge in [0, 0.05) is 23.6 Å². The van der Waals surface area contributed by atoms with Crippen LogP contribution in [0.15, 0.2) is 41.1 Å². The minimum Gasteiger partial charge on any atom is -0.492 e. The molecule has 1 aromatic heterocycles. The van der Waals surface area contributed by atoms with Crippen LogP contribution in [-0.4, -0.2) is 36.2 Å². The van der Waals surface area contributed by atoms with Crippen molar-refractivity contribution in [1.82, 2.24) is 9.97 Å². The minimum atomic E-state index is 0.588. The van der Waals surface area contributed by atoms with Gasteiger partial charge in [-0.15, -0.1) is 0 Å². The molecule has 0 saturated carbocycles. The van der Waals surface area contributed by atoms with Gasteiger partial charge in [0.1, 0.15) is 30.3 Å². The fraction of sp³-hybridized carbons (Fsp3) is 0.375. The number of nitrogens with one attached hydrogen (secondary N) is 1. The second-order valence-corrected chi connectivity index (χ2v) is 6.10. The van der Waals surface area contributed by atoms with Crippen LogP contribution in [0.1, 0.15) is 12.8 Å². The molecule has 1 aliphatic heterocycles. The van der Waals surface area contributed by atoms with Gasteiger partial charge in [-0.2, -0.15) is 0 Å². The summed E-state index contributed by atoms with van der Waals surface area (Å²) < 4.78 is 6.73. The van der Waals surface area contributed by atoms with E-state index in [9.17, 15) is 0 Å². The number of ether oxygens (including phenoxy) is 1. The van der Waals surface area contributed by atoms with Gasteiger partial charge in [0.05, 0.1) is 6.54 Å². The first kappa shape index (κ1) is 15.1. The highest BCUT2D eigenvalue weighted by Gasteiger charge is 2.13. The molecule has 1 aliphatic rings. The summed E-state index contributed by atoms with van der Waals surface area (Å²) in [6.07, 6.45) is 4.10. The van der Waals surface area contributed by atoms with Crippen LogP contribution in [0.25, 0.3) is 0 Å². The molecule has 1 fully saturated rings. The van der Waals surface area contributed by atoms with E-state index in [0.29, 0.717) is 13.2 Å². The van der Waals surface area contributed by atoms with Crippen LogP contribution in [0, 0.1) is 0 Å². The summed E-state index contributed by atoms with van der Waals surface area (Å²) >= 11 is 3.41. The lowest BCUT2D eigenvalue weighted by Gasteiger charge is -2.16. The maximum absolute atomic E-state index is 5.68. The molecule has 0 aliphatic carbocycles. The normalized spacial score (nSPS) is 14.1. The van der Waals surface area contributed by atoms with Crippen LogP contribution < -0.4 is 15.0 Å². The molecule has 0 bridgehead atoms. The van der Waals surface area contributed by atoms with Crippen LogP contribution in [0.5, 0.6) is 5.75 Å². The maximum Gasteiger partial charge on any atom is 0.134 e. The summed E-state index contributed by atoms with van der Waals surface area (Å²) in [5.74, 6) is 2.71. The molecule has 0 radical (unpaired) electrons. The standard InChI is InChI=1S/C16H19BrN4O/c17-13-3-5-14(6-4-13)22-10-7-18-15-11-16(20-12-19-15)21-8-1-2-9-21/h3-6,11-12H,1-2,7-10H2,(H,18,19,20). The van der Waals surface area contributed by atoms with Crippen molar-refractivity contribution in [1.29, 1.82) is 0 Å². The third kappa shape index (κ3) is 4.10. The van der Waals surface area contributed by atoms with Crippen molar-refractivity contribution in [3.05, 3.63) is 41.1 Å². The number of anilines is 2. The average molecular weight is 363 g/mol. The number of nitrogens with zero attached hydrogens (tertiary/aromatic N) is 3. The molecular weight excluding hydrogens is 344 g/mol. The second kappa shape index (κ2) is 7.45. The zero-order valence-corrected chi connectivity index (χ0v) is 13.9. The van der Waals surface area contributed by atoms with E-state index in [1.807, 2.05) is 30.3 Å². The van der Waals surface area contributed by atoms with E-state index in [-0.39, 0.29) is 0 Å². The molecule has 22 heavy (non-hydrogen) atoms. The van der Waals surface area contributed by atoms with Crippen LogP contribution in [0.4, 0.5) is 11.6 Å². The van der Waals surface area contributed by atoms with Crippen molar-refractivity contribution < 1.29 is 4.74 Å². The van der Waals surface area contributed by atoms with E-state index in [2.05, 4.69) is 36.1 Å². The Morgan fingerprint density at radius 3 is 2.68 bits per heavy atom. The third-order valence-corrected chi connectivity index (χ3v) is 4.10. The summed E-state index contributed by atoms with van der Waals surface area (Å²) in [6, 6.07) is 9.83. The Bertz CT molecular complexity index is 599. The van der Waals surface area contributed by atoms with Crippen LogP contribution in [-0.2, 0) is 0 Å². The quantitative estimate of drug-likeness (QED) is 0.798. The predicted octanol–water partition coefficient (Wildman–Crippen LogP) is 3.33. The Morgan fingerprint density at radius 2 is 1.91 bits per heavy atom. The highest BCUT2D eigenvalue weighted by Crippen LogP contribution is 2.19. The van der Waals surface area contributed by atoms with E-state index in [1.54, 1.807) is 6.33 Å². The summed E-state index contributed by atoms with van der Waals surface area (Å²) in [6.45, 7) is 3.46. The zero-order chi connectivity index (χ0) is 15.2. The lowest BCUT2D eigenvalue weighted by atomic mass is 10.3. The Hall–Kier alpha value is -1.82. The van der Waals surface area contributed by atoms with Crippen molar-refractivity contribution in [2.45, 2.75) is 12.8 Å². The SMILES string of the molecule is Brc1ccc(OCCNc2cc(N3CCCC3)ncn2)cc1. The van der Waals surface area contributed by atoms with Gasteiger partial charge in [-0.25, -0.2) is 9.97 Å². The van der Waals surface area contributed by atoms with Crippen molar-refractivity contribution in [3.8, 4) is 5.75 Å². The number of halogens is 1. The van der Waals surface area contributed by atoms with Crippen molar-refractivity contribution in [3.63, 3.8) is 0 Å². The molecule has 5 nitrogen and oxygen atoms in total. The van der Waals surface area contributed by atoms with Gasteiger partial charge in [0.25, 0.3) is 0 Å². The summed E-state index contributed by atoms with van der Waals surface area (Å²) in [5.41, 5.74) is 0. The summed E-state index contributed by atoms with van der Waals surface area (Å²) in [7, 11) is 0. The summed E-state index contributed by atoms with van der Waals surface area (Å²) in [4.78, 5) is 10.9. The van der Waals surface area contributed by atoms with Crippen LogP contribution >= 0.6 is 15.9 Å². The van der Waals surface area contributed by atoms with Gasteiger partial charge >= 0.3 is 0 Å². The van der Waals surface area contributed by atoms with E-state index in [1.165, 1.54) is 12.8 Å². The largest absolute Gasteiger partial charge is 0.492 e. The highest BCUT2D eigenvalue weighted by molar-refractivity contribution is 9.10. The summed E-state index contributed by atoms with van der Waals surface area (Å²) in [5, 5.41) is 3.28. The number of hydrogen-bond donors (Lipinski definition) is 1. The van der Waals surface area contributed by atoms with Gasteiger partial charge in [-0.3, -0.25) is 0 Å². The molecule has 0 atom stereocenters. The molecule has 2 heterocycles. The Kier molecular flexibility index (Phi) is 5.11. The molecule has 1 saturated heterocycles. The first-order chi connectivity index (χ1) is 10.8. The molecular formula is C16H19BrN4O. The van der Waals surface area contributed by atoms with Crippen molar-refractivity contribution in [2.24, 2.45) is 0 Å². The van der Waals surface area contributed by atoms with Gasteiger partial charge in [-0.1, -0.05) is 15.9 Å². The van der Waals surface area contributed by atoms with E-state index >= 15 is 0 Å². The van der Waals surface area contributed by atoms with Gasteiger partial charge in [0.15, 0.2) is 0 Å². The molecule has 6 heteroatoms. The fourth-order valence-electron chi connectivity index (χ4n) is 2.44. The average Bonchev–Trinajstić information content (AvgIpc) is 3.08. The Labute approximate surface area is 138 Å². The Balaban J connectivity index is 1.47. The molecule has 0 unspecified atom stereocenters. The van der Waals surface area contributed by atoms with Crippen molar-refractivity contribution in [2.75, 3.05) is 36.5 Å². The van der Waals surface area contributed by atoms with E-state index in [0.717, 1.165) is 34.9 Å². The lowest BCUT2D eigenvalue weighted by Crippen LogP contribution is -2.19. The van der Waals surface area contributed by atoms with Gasteiger partial charge in [-0.05, 0) is 37.1 Å². The molecule has 0 amide bonds. The van der Waals surface area contributed by atoms with Gasteiger partial charge < -0.3 is 15.0 Å². The zero-order valence-electron chi connectivity index (χ0n) is 12.3. The first-order valence-corrected chi connectivity index (χ1v) is 8.30. The predicted molar refractivity (Wildman–Crippen MR) is 91.6 cm³/mol. The molecule has 116 valence electrons.